The molecule has 1 saturated carbocycles. The van der Waals surface area contributed by atoms with Crippen molar-refractivity contribution in [3.05, 3.63) is 82.9 Å². The van der Waals surface area contributed by atoms with E-state index in [-0.39, 0.29) is 10.8 Å². The minimum absolute atomic E-state index is 0.0651. The van der Waals surface area contributed by atoms with Gasteiger partial charge in [-0.05, 0) is 85.8 Å². The van der Waals surface area contributed by atoms with Crippen molar-refractivity contribution in [2.75, 3.05) is 35.8 Å². The Morgan fingerprint density at radius 2 is 1.52 bits per heavy atom. The minimum atomic E-state index is -3.89. The minimum Gasteiger partial charge on any atom is -0.368 e. The highest BCUT2D eigenvalue weighted by Crippen LogP contribution is 2.31. The van der Waals surface area contributed by atoms with Gasteiger partial charge in [0.2, 0.25) is 0 Å². The third-order valence-electron chi connectivity index (χ3n) is 8.20. The van der Waals surface area contributed by atoms with Gasteiger partial charge < -0.3 is 9.80 Å². The van der Waals surface area contributed by atoms with Crippen LogP contribution in [-0.2, 0) is 10.0 Å². The quantitative estimate of drug-likeness (QED) is 0.283. The van der Waals surface area contributed by atoms with E-state index in [1.165, 1.54) is 32.1 Å². The van der Waals surface area contributed by atoms with Crippen LogP contribution >= 0.6 is 11.6 Å². The lowest BCUT2D eigenvalue weighted by Crippen LogP contribution is -2.48. The summed E-state index contributed by atoms with van der Waals surface area (Å²) in [5, 5.41) is 0.700. The van der Waals surface area contributed by atoms with E-state index in [4.69, 9.17) is 16.6 Å². The van der Waals surface area contributed by atoms with E-state index >= 15 is 0 Å². The first kappa shape index (κ1) is 30.1. The van der Waals surface area contributed by atoms with Crippen molar-refractivity contribution >= 4 is 50.8 Å². The van der Waals surface area contributed by atoms with Gasteiger partial charge in [-0.15, -0.1) is 0 Å². The zero-order chi connectivity index (χ0) is 29.5. The van der Waals surface area contributed by atoms with E-state index < -0.39 is 10.0 Å². The number of aliphatic imine (C=N–C) groups is 1. The SMILES string of the molecule is Cc1cccc(S(=O)(=O)Nc2ccc(C(=O)N3CCN(c4ccc(Cl)cc4)CC3)cc2)c1/N=C\C1CCCCCCC1. The molecule has 0 bridgehead atoms. The molecular formula is C33H39ClN4O3S. The second-order valence-corrected chi connectivity index (χ2v) is 13.3. The zero-order valence-electron chi connectivity index (χ0n) is 24.1. The van der Waals surface area contributed by atoms with Crippen LogP contribution in [-0.4, -0.2) is 51.6 Å². The molecule has 1 N–H and O–H groups in total. The largest absolute Gasteiger partial charge is 0.368 e. The van der Waals surface area contributed by atoms with Gasteiger partial charge in [0.25, 0.3) is 15.9 Å². The molecule has 222 valence electrons. The van der Waals surface area contributed by atoms with Gasteiger partial charge >= 0.3 is 0 Å². The summed E-state index contributed by atoms with van der Waals surface area (Å²) in [7, 11) is -3.89. The monoisotopic (exact) mass is 606 g/mol. The van der Waals surface area contributed by atoms with Crippen molar-refractivity contribution in [2.45, 2.75) is 56.8 Å². The maximum absolute atomic E-state index is 13.5. The predicted molar refractivity (Wildman–Crippen MR) is 172 cm³/mol. The molecule has 0 spiro atoms. The van der Waals surface area contributed by atoms with E-state index in [1.807, 2.05) is 48.4 Å². The number of hydrogen-bond acceptors (Lipinski definition) is 5. The fourth-order valence-electron chi connectivity index (χ4n) is 5.72. The summed E-state index contributed by atoms with van der Waals surface area (Å²) < 4.78 is 29.7. The Labute approximate surface area is 254 Å². The summed E-state index contributed by atoms with van der Waals surface area (Å²) in [6.45, 7) is 4.56. The summed E-state index contributed by atoms with van der Waals surface area (Å²) >= 11 is 6.01. The van der Waals surface area contributed by atoms with Crippen molar-refractivity contribution in [2.24, 2.45) is 10.9 Å². The highest BCUT2D eigenvalue weighted by Gasteiger charge is 2.24. The van der Waals surface area contributed by atoms with Crippen molar-refractivity contribution in [3.63, 3.8) is 0 Å². The molecule has 2 fully saturated rings. The number of nitrogens with one attached hydrogen (secondary N) is 1. The molecule has 3 aromatic carbocycles. The topological polar surface area (TPSA) is 82.1 Å². The zero-order valence-corrected chi connectivity index (χ0v) is 25.7. The Bertz CT molecular complexity index is 1490. The molecule has 3 aromatic rings. The summed E-state index contributed by atoms with van der Waals surface area (Å²) in [6, 6.07) is 19.6. The highest BCUT2D eigenvalue weighted by atomic mass is 35.5. The number of anilines is 2. The maximum atomic E-state index is 13.5. The Hall–Kier alpha value is -3.36. The number of hydrogen-bond donors (Lipinski definition) is 1. The lowest BCUT2D eigenvalue weighted by Gasteiger charge is -2.36. The molecular weight excluding hydrogens is 568 g/mol. The molecule has 9 heteroatoms. The fraction of sp³-hybridized carbons (Fsp3) is 0.394. The number of amides is 1. The molecule has 7 nitrogen and oxygen atoms in total. The Balaban J connectivity index is 1.23. The number of carbonyl (C=O) groups is 1. The molecule has 1 aliphatic heterocycles. The molecule has 0 atom stereocenters. The Morgan fingerprint density at radius 3 is 2.19 bits per heavy atom. The van der Waals surface area contributed by atoms with Gasteiger partial charge in [0.05, 0.1) is 5.69 Å². The van der Waals surface area contributed by atoms with Crippen molar-refractivity contribution in [1.29, 1.82) is 0 Å². The highest BCUT2D eigenvalue weighted by molar-refractivity contribution is 7.92. The van der Waals surface area contributed by atoms with Gasteiger partial charge in [0.1, 0.15) is 4.90 Å². The van der Waals surface area contributed by atoms with Crippen molar-refractivity contribution in [1.82, 2.24) is 4.90 Å². The van der Waals surface area contributed by atoms with Crippen LogP contribution < -0.4 is 9.62 Å². The molecule has 1 aliphatic carbocycles. The summed E-state index contributed by atoms with van der Waals surface area (Å²) in [4.78, 5) is 22.1. The van der Waals surface area contributed by atoms with Crippen LogP contribution in [0.15, 0.2) is 76.6 Å². The van der Waals surface area contributed by atoms with Crippen LogP contribution in [0.2, 0.25) is 5.02 Å². The van der Waals surface area contributed by atoms with Crippen LogP contribution in [0.1, 0.15) is 60.9 Å². The molecule has 5 rings (SSSR count). The number of aryl methyl sites for hydroxylation is 1. The van der Waals surface area contributed by atoms with Crippen LogP contribution in [0, 0.1) is 12.8 Å². The third-order valence-corrected chi connectivity index (χ3v) is 9.86. The second kappa shape index (κ2) is 13.7. The molecule has 1 amide bonds. The van der Waals surface area contributed by atoms with Crippen molar-refractivity contribution < 1.29 is 13.2 Å². The maximum Gasteiger partial charge on any atom is 0.264 e. The Kier molecular flexibility index (Phi) is 9.85. The second-order valence-electron chi connectivity index (χ2n) is 11.2. The van der Waals surface area contributed by atoms with Crippen LogP contribution in [0.5, 0.6) is 0 Å². The summed E-state index contributed by atoms with van der Waals surface area (Å²) in [5.74, 6) is 0.309. The van der Waals surface area contributed by atoms with E-state index in [2.05, 4.69) is 9.62 Å². The first-order chi connectivity index (χ1) is 20.3. The Morgan fingerprint density at radius 1 is 0.881 bits per heavy atom. The van der Waals surface area contributed by atoms with Gasteiger partial charge in [-0.1, -0.05) is 55.8 Å². The number of carbonyl (C=O) groups excluding carboxylic acids is 1. The van der Waals surface area contributed by atoms with Gasteiger partial charge in [-0.3, -0.25) is 14.5 Å². The van der Waals surface area contributed by atoms with Crippen molar-refractivity contribution in [3.8, 4) is 0 Å². The summed E-state index contributed by atoms with van der Waals surface area (Å²) in [5.41, 5.74) is 3.31. The summed E-state index contributed by atoms with van der Waals surface area (Å²) in [6.07, 6.45) is 10.3. The molecule has 42 heavy (non-hydrogen) atoms. The molecule has 0 aromatic heterocycles. The number of halogens is 1. The number of para-hydroxylation sites is 1. The van der Waals surface area contributed by atoms with Gasteiger partial charge in [-0.2, -0.15) is 0 Å². The normalized spacial score (nSPS) is 17.2. The number of rotatable bonds is 7. The predicted octanol–water partition coefficient (Wildman–Crippen LogP) is 7.47. The van der Waals surface area contributed by atoms with Crippen LogP contribution in [0.4, 0.5) is 17.1 Å². The van der Waals surface area contributed by atoms with Gasteiger partial charge in [-0.25, -0.2) is 8.42 Å². The average Bonchev–Trinajstić information content (AvgIpc) is 2.97. The molecule has 1 saturated heterocycles. The van der Waals surface area contributed by atoms with Gasteiger partial charge in [0, 0.05) is 54.4 Å². The number of benzene rings is 3. The average molecular weight is 607 g/mol. The number of piperazine rings is 1. The van der Waals surface area contributed by atoms with E-state index in [1.54, 1.807) is 36.4 Å². The lowest BCUT2D eigenvalue weighted by molar-refractivity contribution is 0.0747. The number of sulfonamides is 1. The van der Waals surface area contributed by atoms with E-state index in [9.17, 15) is 13.2 Å². The van der Waals surface area contributed by atoms with Crippen LogP contribution in [0.3, 0.4) is 0 Å². The van der Waals surface area contributed by atoms with Crippen LogP contribution in [0.25, 0.3) is 0 Å². The first-order valence-corrected chi connectivity index (χ1v) is 16.7. The van der Waals surface area contributed by atoms with E-state index in [0.29, 0.717) is 41.0 Å². The standard InChI is InChI=1S/C33H39ClN4O3S/c1-25-8-7-11-31(32(25)35-24-26-9-5-3-2-4-6-10-26)42(40,41)36-29-16-12-27(13-17-29)33(39)38-22-20-37(21-23-38)30-18-14-28(34)15-19-30/h7-8,11-19,24,26,36H,2-6,9-10,20-23H2,1H3/b35-24-. The molecule has 0 radical (unpaired) electrons. The third kappa shape index (κ3) is 7.53. The molecule has 1 heterocycles. The fourth-order valence-corrected chi connectivity index (χ4v) is 7.13. The smallest absolute Gasteiger partial charge is 0.264 e. The first-order valence-electron chi connectivity index (χ1n) is 14.9. The van der Waals surface area contributed by atoms with E-state index in [0.717, 1.165) is 37.2 Å². The van der Waals surface area contributed by atoms with Gasteiger partial charge in [0.15, 0.2) is 0 Å². The molecule has 2 aliphatic rings. The number of nitrogens with zero attached hydrogens (tertiary/aromatic N) is 3. The lowest BCUT2D eigenvalue weighted by atomic mass is 9.92. The molecule has 0 unspecified atom stereocenters.